The van der Waals surface area contributed by atoms with E-state index in [4.69, 9.17) is 11.6 Å². The van der Waals surface area contributed by atoms with Crippen LogP contribution in [-0.4, -0.2) is 49.4 Å². The average Bonchev–Trinajstić information content (AvgIpc) is 2.48. The van der Waals surface area contributed by atoms with Gasteiger partial charge in [0, 0.05) is 26.2 Å². The van der Waals surface area contributed by atoms with Gasteiger partial charge < -0.3 is 15.5 Å². The van der Waals surface area contributed by atoms with E-state index < -0.39 is 11.7 Å². The number of carbonyl (C=O) groups is 2. The smallest absolute Gasteiger partial charge is 0.253 e. The highest BCUT2D eigenvalue weighted by atomic mass is 35.5. The quantitative estimate of drug-likeness (QED) is 0.861. The minimum absolute atomic E-state index is 0.0276. The van der Waals surface area contributed by atoms with E-state index in [0.29, 0.717) is 13.1 Å². The molecule has 2 rings (SSSR count). The molecule has 5 nitrogen and oxygen atoms in total. The third-order valence-electron chi connectivity index (χ3n) is 3.07. The molecule has 2 amide bonds. The van der Waals surface area contributed by atoms with Gasteiger partial charge in [-0.1, -0.05) is 17.7 Å². The maximum absolute atomic E-state index is 13.2. The highest BCUT2D eigenvalue weighted by Gasteiger charge is 2.18. The lowest BCUT2D eigenvalue weighted by atomic mass is 10.2. The first kappa shape index (κ1) is 14.7. The number of nitrogens with zero attached hydrogens (tertiary/aromatic N) is 1. The zero-order chi connectivity index (χ0) is 14.5. The maximum atomic E-state index is 13.2. The van der Waals surface area contributed by atoms with Crippen LogP contribution in [0.4, 0.5) is 4.39 Å². The van der Waals surface area contributed by atoms with Crippen molar-refractivity contribution in [2.45, 2.75) is 0 Å². The Kier molecular flexibility index (Phi) is 4.92. The van der Waals surface area contributed by atoms with E-state index in [1.807, 2.05) is 0 Å². The number of carbonyl (C=O) groups excluding carboxylic acids is 2. The van der Waals surface area contributed by atoms with E-state index in [0.717, 1.165) is 13.1 Å². The topological polar surface area (TPSA) is 61.4 Å². The number of nitrogens with one attached hydrogen (secondary N) is 2. The largest absolute Gasteiger partial charge is 0.343 e. The molecule has 0 saturated carbocycles. The number of benzene rings is 1. The Morgan fingerprint density at radius 3 is 2.75 bits per heavy atom. The molecule has 108 valence electrons. The first-order chi connectivity index (χ1) is 9.59. The Hall–Kier alpha value is -1.66. The number of piperazine rings is 1. The Labute approximate surface area is 121 Å². The summed E-state index contributed by atoms with van der Waals surface area (Å²) in [7, 11) is 0. The Bertz CT molecular complexity index is 518. The molecule has 1 aromatic carbocycles. The van der Waals surface area contributed by atoms with Crippen LogP contribution in [0.5, 0.6) is 0 Å². The van der Waals surface area contributed by atoms with Crippen molar-refractivity contribution in [2.75, 3.05) is 32.7 Å². The molecule has 0 unspecified atom stereocenters. The molecule has 0 bridgehead atoms. The van der Waals surface area contributed by atoms with Crippen LogP contribution < -0.4 is 10.6 Å². The highest BCUT2D eigenvalue weighted by Crippen LogP contribution is 2.19. The summed E-state index contributed by atoms with van der Waals surface area (Å²) in [5, 5.41) is 5.36. The molecule has 0 atom stereocenters. The summed E-state index contributed by atoms with van der Waals surface area (Å²) in [6, 6.07) is 3.98. The van der Waals surface area contributed by atoms with Gasteiger partial charge in [-0.25, -0.2) is 4.39 Å². The zero-order valence-electron chi connectivity index (χ0n) is 10.8. The van der Waals surface area contributed by atoms with Crippen molar-refractivity contribution in [3.05, 3.63) is 34.6 Å². The summed E-state index contributed by atoms with van der Waals surface area (Å²) in [6.45, 7) is 2.61. The molecule has 0 radical (unpaired) electrons. The van der Waals surface area contributed by atoms with E-state index in [1.165, 1.54) is 18.2 Å². The molecule has 1 aromatic rings. The van der Waals surface area contributed by atoms with Crippen molar-refractivity contribution >= 4 is 23.4 Å². The molecular weight excluding hydrogens is 285 g/mol. The molecule has 0 aromatic heterocycles. The predicted molar refractivity (Wildman–Crippen MR) is 73.2 cm³/mol. The molecule has 1 aliphatic rings. The van der Waals surface area contributed by atoms with E-state index in [9.17, 15) is 14.0 Å². The monoisotopic (exact) mass is 299 g/mol. The normalized spacial score (nSPS) is 15.0. The van der Waals surface area contributed by atoms with E-state index >= 15 is 0 Å². The molecule has 1 fully saturated rings. The molecule has 1 aliphatic heterocycles. The molecule has 2 N–H and O–H groups in total. The van der Waals surface area contributed by atoms with Gasteiger partial charge in [0.25, 0.3) is 5.91 Å². The zero-order valence-corrected chi connectivity index (χ0v) is 11.5. The second kappa shape index (κ2) is 6.67. The molecular formula is C13H15ClFN3O2. The van der Waals surface area contributed by atoms with Gasteiger partial charge in [-0.3, -0.25) is 9.59 Å². The lowest BCUT2D eigenvalue weighted by molar-refractivity contribution is -0.130. The number of rotatable bonds is 3. The third-order valence-corrected chi connectivity index (χ3v) is 3.45. The Balaban J connectivity index is 1.91. The summed E-state index contributed by atoms with van der Waals surface area (Å²) in [6.07, 6.45) is 0. The van der Waals surface area contributed by atoms with E-state index in [2.05, 4.69) is 10.6 Å². The molecule has 1 heterocycles. The Morgan fingerprint density at radius 2 is 2.05 bits per heavy atom. The number of hydrogen-bond donors (Lipinski definition) is 2. The Morgan fingerprint density at radius 1 is 1.35 bits per heavy atom. The number of hydrogen-bond acceptors (Lipinski definition) is 3. The van der Waals surface area contributed by atoms with Crippen molar-refractivity contribution in [3.63, 3.8) is 0 Å². The molecule has 20 heavy (non-hydrogen) atoms. The minimum atomic E-state index is -0.659. The maximum Gasteiger partial charge on any atom is 0.253 e. The van der Waals surface area contributed by atoms with E-state index in [1.54, 1.807) is 4.90 Å². The summed E-state index contributed by atoms with van der Waals surface area (Å²) < 4.78 is 13.2. The fraction of sp³-hybridized carbons (Fsp3) is 0.385. The van der Waals surface area contributed by atoms with Crippen LogP contribution in [0.3, 0.4) is 0 Å². The van der Waals surface area contributed by atoms with Gasteiger partial charge >= 0.3 is 0 Å². The first-order valence-corrected chi connectivity index (χ1v) is 6.68. The first-order valence-electron chi connectivity index (χ1n) is 6.30. The highest BCUT2D eigenvalue weighted by molar-refractivity contribution is 6.34. The van der Waals surface area contributed by atoms with Crippen LogP contribution in [0.1, 0.15) is 10.4 Å². The van der Waals surface area contributed by atoms with Crippen molar-refractivity contribution in [2.24, 2.45) is 0 Å². The van der Waals surface area contributed by atoms with Crippen LogP contribution in [0.15, 0.2) is 18.2 Å². The molecule has 1 saturated heterocycles. The van der Waals surface area contributed by atoms with Crippen molar-refractivity contribution in [1.82, 2.24) is 15.5 Å². The molecule has 0 spiro atoms. The third kappa shape index (κ3) is 3.46. The van der Waals surface area contributed by atoms with Crippen LogP contribution in [-0.2, 0) is 4.79 Å². The summed E-state index contributed by atoms with van der Waals surface area (Å²) >= 11 is 5.71. The van der Waals surface area contributed by atoms with Crippen molar-refractivity contribution < 1.29 is 14.0 Å². The summed E-state index contributed by atoms with van der Waals surface area (Å²) in [5.74, 6) is -1.38. The summed E-state index contributed by atoms with van der Waals surface area (Å²) in [4.78, 5) is 25.4. The van der Waals surface area contributed by atoms with Gasteiger partial charge in [0.1, 0.15) is 5.82 Å². The van der Waals surface area contributed by atoms with Crippen LogP contribution in [0.25, 0.3) is 0 Å². The molecule has 0 aliphatic carbocycles. The predicted octanol–water partition coefficient (Wildman–Crippen LogP) is 0.641. The van der Waals surface area contributed by atoms with Gasteiger partial charge in [-0.2, -0.15) is 0 Å². The minimum Gasteiger partial charge on any atom is -0.343 e. The van der Waals surface area contributed by atoms with Gasteiger partial charge in [-0.05, 0) is 12.1 Å². The number of halogens is 2. The van der Waals surface area contributed by atoms with Crippen LogP contribution in [0.2, 0.25) is 5.02 Å². The van der Waals surface area contributed by atoms with Gasteiger partial charge in [0.2, 0.25) is 5.91 Å². The lowest BCUT2D eigenvalue weighted by Crippen LogP contribution is -2.49. The van der Waals surface area contributed by atoms with Crippen LogP contribution in [0, 0.1) is 5.82 Å². The second-order valence-electron chi connectivity index (χ2n) is 4.41. The fourth-order valence-electron chi connectivity index (χ4n) is 1.96. The van der Waals surface area contributed by atoms with Crippen molar-refractivity contribution in [1.29, 1.82) is 0 Å². The average molecular weight is 300 g/mol. The van der Waals surface area contributed by atoms with E-state index in [-0.39, 0.29) is 23.0 Å². The standard InChI is InChI=1S/C13H15ClFN3O2/c14-12-9(2-1-3-10(12)15)13(20)17-8-11(19)18-6-4-16-5-7-18/h1-3,16H,4-8H2,(H,17,20). The van der Waals surface area contributed by atoms with Crippen molar-refractivity contribution in [3.8, 4) is 0 Å². The fourth-order valence-corrected chi connectivity index (χ4v) is 2.17. The van der Waals surface area contributed by atoms with Crippen LogP contribution >= 0.6 is 11.6 Å². The lowest BCUT2D eigenvalue weighted by Gasteiger charge is -2.27. The number of amides is 2. The van der Waals surface area contributed by atoms with Gasteiger partial charge in [-0.15, -0.1) is 0 Å². The molecule has 7 heteroatoms. The second-order valence-corrected chi connectivity index (χ2v) is 4.79. The van der Waals surface area contributed by atoms with Gasteiger partial charge in [0.15, 0.2) is 0 Å². The van der Waals surface area contributed by atoms with Gasteiger partial charge in [0.05, 0.1) is 17.1 Å². The summed E-state index contributed by atoms with van der Waals surface area (Å²) in [5.41, 5.74) is 0.0276. The SMILES string of the molecule is O=C(NCC(=O)N1CCNCC1)c1cccc(F)c1Cl.